The second-order valence-corrected chi connectivity index (χ2v) is 4.48. The van der Waals surface area contributed by atoms with E-state index in [9.17, 15) is 9.90 Å². The van der Waals surface area contributed by atoms with Crippen molar-refractivity contribution < 1.29 is 19.4 Å². The van der Waals surface area contributed by atoms with Gasteiger partial charge in [0.1, 0.15) is 6.10 Å². The van der Waals surface area contributed by atoms with E-state index in [1.54, 1.807) is 0 Å². The molecule has 0 rings (SSSR count). The molecule has 0 aliphatic rings. The summed E-state index contributed by atoms with van der Waals surface area (Å²) in [6.07, 6.45) is 3.47. The molecule has 5 nitrogen and oxygen atoms in total. The molecule has 2 N–H and O–H groups in total. The molecule has 0 aliphatic heterocycles. The molecule has 0 aliphatic carbocycles. The number of carbonyl (C=O) groups excluding carboxylic acids is 1. The number of aliphatic hydroxyl groups is 1. The molecule has 0 aromatic heterocycles. The van der Waals surface area contributed by atoms with Gasteiger partial charge in [-0.1, -0.05) is 13.5 Å². The molecular formula is C14H27NO4. The summed E-state index contributed by atoms with van der Waals surface area (Å²) in [7, 11) is 0. The fourth-order valence-electron chi connectivity index (χ4n) is 1.27. The van der Waals surface area contributed by atoms with E-state index < -0.39 is 6.10 Å². The normalized spacial score (nSPS) is 13.8. The maximum Gasteiger partial charge on any atom is 0.243 e. The van der Waals surface area contributed by atoms with E-state index in [-0.39, 0.29) is 18.6 Å². The maximum atomic E-state index is 10.8. The molecule has 19 heavy (non-hydrogen) atoms. The van der Waals surface area contributed by atoms with E-state index in [1.165, 1.54) is 6.08 Å². The van der Waals surface area contributed by atoms with E-state index in [4.69, 9.17) is 9.47 Å². The van der Waals surface area contributed by atoms with Gasteiger partial charge < -0.3 is 19.9 Å². The molecule has 5 heteroatoms. The highest BCUT2D eigenvalue weighted by atomic mass is 16.5. The summed E-state index contributed by atoms with van der Waals surface area (Å²) in [5.41, 5.74) is 0. The molecule has 112 valence electrons. The lowest BCUT2D eigenvalue weighted by molar-refractivity contribution is -0.116. The highest BCUT2D eigenvalue weighted by molar-refractivity contribution is 5.86. The summed E-state index contributed by atoms with van der Waals surface area (Å²) in [4.78, 5) is 10.8. The van der Waals surface area contributed by atoms with Crippen molar-refractivity contribution in [1.82, 2.24) is 5.32 Å². The van der Waals surface area contributed by atoms with Gasteiger partial charge in [0, 0.05) is 13.2 Å². The molecule has 0 saturated carbocycles. The van der Waals surface area contributed by atoms with Crippen LogP contribution in [-0.4, -0.2) is 49.6 Å². The average molecular weight is 273 g/mol. The Hall–Kier alpha value is -0.910. The summed E-state index contributed by atoms with van der Waals surface area (Å²) < 4.78 is 10.7. The van der Waals surface area contributed by atoms with Gasteiger partial charge in [-0.15, -0.1) is 0 Å². The fraction of sp³-hybridized carbons (Fsp3) is 0.786. The van der Waals surface area contributed by atoms with Crippen LogP contribution in [0.15, 0.2) is 12.7 Å². The molecular weight excluding hydrogens is 246 g/mol. The highest BCUT2D eigenvalue weighted by Crippen LogP contribution is 1.98. The Balaban J connectivity index is 3.29. The van der Waals surface area contributed by atoms with Crippen molar-refractivity contribution in [3.05, 3.63) is 12.7 Å². The summed E-state index contributed by atoms with van der Waals surface area (Å²) in [6.45, 7) is 9.18. The van der Waals surface area contributed by atoms with Crippen LogP contribution in [0.3, 0.4) is 0 Å². The maximum absolute atomic E-state index is 10.8. The largest absolute Gasteiger partial charge is 0.388 e. The van der Waals surface area contributed by atoms with Gasteiger partial charge in [-0.05, 0) is 32.3 Å². The van der Waals surface area contributed by atoms with Crippen LogP contribution >= 0.6 is 0 Å². The Morgan fingerprint density at radius 1 is 1.42 bits per heavy atom. The molecule has 1 amide bonds. The van der Waals surface area contributed by atoms with Crippen molar-refractivity contribution in [3.63, 3.8) is 0 Å². The standard InChI is InChI=1S/C14H27NO4/c1-4-12(3)19-11-13(16)10-18-9-7-6-8-15-14(17)5-2/h5,12-13,16H,2,4,6-11H2,1,3H3,(H,15,17). The van der Waals surface area contributed by atoms with Crippen LogP contribution in [0.4, 0.5) is 0 Å². The lowest BCUT2D eigenvalue weighted by Crippen LogP contribution is -2.25. The van der Waals surface area contributed by atoms with Crippen LogP contribution < -0.4 is 5.32 Å². The van der Waals surface area contributed by atoms with Crippen molar-refractivity contribution in [2.45, 2.75) is 45.3 Å². The van der Waals surface area contributed by atoms with Crippen molar-refractivity contribution in [2.75, 3.05) is 26.4 Å². The van der Waals surface area contributed by atoms with E-state index >= 15 is 0 Å². The van der Waals surface area contributed by atoms with E-state index in [2.05, 4.69) is 11.9 Å². The first-order valence-corrected chi connectivity index (χ1v) is 6.87. The zero-order chi connectivity index (χ0) is 14.5. The van der Waals surface area contributed by atoms with E-state index in [1.807, 2.05) is 13.8 Å². The zero-order valence-corrected chi connectivity index (χ0v) is 12.1. The molecule has 0 radical (unpaired) electrons. The van der Waals surface area contributed by atoms with Gasteiger partial charge in [-0.3, -0.25) is 4.79 Å². The molecule has 0 spiro atoms. The quantitative estimate of drug-likeness (QED) is 0.415. The Morgan fingerprint density at radius 2 is 2.16 bits per heavy atom. The Bertz CT molecular complexity index is 246. The molecule has 0 fully saturated rings. The van der Waals surface area contributed by atoms with Gasteiger partial charge in [0.05, 0.1) is 19.3 Å². The zero-order valence-electron chi connectivity index (χ0n) is 12.1. The number of hydrogen-bond acceptors (Lipinski definition) is 4. The van der Waals surface area contributed by atoms with Gasteiger partial charge in [-0.2, -0.15) is 0 Å². The number of rotatable bonds is 12. The fourth-order valence-corrected chi connectivity index (χ4v) is 1.27. The van der Waals surface area contributed by atoms with Gasteiger partial charge in [-0.25, -0.2) is 0 Å². The highest BCUT2D eigenvalue weighted by Gasteiger charge is 2.06. The Morgan fingerprint density at radius 3 is 2.79 bits per heavy atom. The Kier molecular flexibility index (Phi) is 11.6. The molecule has 0 saturated heterocycles. The van der Waals surface area contributed by atoms with Crippen molar-refractivity contribution >= 4 is 5.91 Å². The molecule has 2 atom stereocenters. The molecule has 0 heterocycles. The predicted octanol–water partition coefficient (Wildman–Crippen LogP) is 1.26. The SMILES string of the molecule is C=CC(=O)NCCCCOCC(O)COC(C)CC. The van der Waals surface area contributed by atoms with Crippen LogP contribution in [0, 0.1) is 0 Å². The van der Waals surface area contributed by atoms with E-state index in [0.717, 1.165) is 19.3 Å². The molecule has 0 aromatic rings. The number of unbranched alkanes of at least 4 members (excludes halogenated alkanes) is 1. The topological polar surface area (TPSA) is 67.8 Å². The first kappa shape index (κ1) is 18.1. The minimum atomic E-state index is -0.575. The molecule has 0 aromatic carbocycles. The van der Waals surface area contributed by atoms with Crippen LogP contribution in [0.5, 0.6) is 0 Å². The van der Waals surface area contributed by atoms with Gasteiger partial charge >= 0.3 is 0 Å². The van der Waals surface area contributed by atoms with Crippen molar-refractivity contribution in [2.24, 2.45) is 0 Å². The van der Waals surface area contributed by atoms with Crippen molar-refractivity contribution in [3.8, 4) is 0 Å². The van der Waals surface area contributed by atoms with Crippen LogP contribution in [0.25, 0.3) is 0 Å². The third-order valence-electron chi connectivity index (χ3n) is 2.66. The number of ether oxygens (including phenoxy) is 2. The Labute approximate surface area is 116 Å². The summed E-state index contributed by atoms with van der Waals surface area (Å²) in [5.74, 6) is -0.154. The lowest BCUT2D eigenvalue weighted by Gasteiger charge is -2.15. The third kappa shape index (κ3) is 11.9. The summed E-state index contributed by atoms with van der Waals surface area (Å²) in [6, 6.07) is 0. The lowest BCUT2D eigenvalue weighted by atomic mass is 10.3. The van der Waals surface area contributed by atoms with Crippen LogP contribution in [0.1, 0.15) is 33.1 Å². The van der Waals surface area contributed by atoms with Crippen LogP contribution in [-0.2, 0) is 14.3 Å². The minimum absolute atomic E-state index is 0.154. The van der Waals surface area contributed by atoms with Gasteiger partial charge in [0.2, 0.25) is 5.91 Å². The summed E-state index contributed by atoms with van der Waals surface area (Å²) >= 11 is 0. The van der Waals surface area contributed by atoms with E-state index in [0.29, 0.717) is 19.8 Å². The monoisotopic (exact) mass is 273 g/mol. The second-order valence-electron chi connectivity index (χ2n) is 4.48. The number of nitrogens with one attached hydrogen (secondary N) is 1. The number of amides is 1. The number of aliphatic hydroxyl groups excluding tert-OH is 1. The first-order valence-electron chi connectivity index (χ1n) is 6.87. The average Bonchev–Trinajstić information content (AvgIpc) is 2.43. The molecule has 0 bridgehead atoms. The smallest absolute Gasteiger partial charge is 0.243 e. The minimum Gasteiger partial charge on any atom is -0.388 e. The third-order valence-corrected chi connectivity index (χ3v) is 2.66. The van der Waals surface area contributed by atoms with Gasteiger partial charge in [0.15, 0.2) is 0 Å². The first-order chi connectivity index (χ1) is 9.10. The summed E-state index contributed by atoms with van der Waals surface area (Å²) in [5, 5.41) is 12.3. The van der Waals surface area contributed by atoms with Crippen LogP contribution in [0.2, 0.25) is 0 Å². The predicted molar refractivity (Wildman–Crippen MR) is 75.0 cm³/mol. The number of hydrogen-bond donors (Lipinski definition) is 2. The number of carbonyl (C=O) groups is 1. The van der Waals surface area contributed by atoms with Crippen molar-refractivity contribution in [1.29, 1.82) is 0 Å². The molecule has 2 unspecified atom stereocenters. The second kappa shape index (κ2) is 12.1. The van der Waals surface area contributed by atoms with Gasteiger partial charge in [0.25, 0.3) is 0 Å².